The molecule has 4 rings (SSSR count). The van der Waals surface area contributed by atoms with E-state index in [9.17, 15) is 9.59 Å². The van der Waals surface area contributed by atoms with Crippen molar-refractivity contribution in [3.8, 4) is 5.69 Å². The van der Waals surface area contributed by atoms with Crippen molar-refractivity contribution in [2.24, 2.45) is 0 Å². The Bertz CT molecular complexity index is 1190. The molecule has 2 amide bonds. The number of hydrogen-bond donors (Lipinski definition) is 2. The van der Waals surface area contributed by atoms with Crippen molar-refractivity contribution >= 4 is 34.4 Å². The molecule has 0 fully saturated rings. The average molecular weight is 419 g/mol. The number of nitrogens with one attached hydrogen (secondary N) is 2. The zero-order valence-electron chi connectivity index (χ0n) is 16.0. The van der Waals surface area contributed by atoms with Crippen LogP contribution in [0.1, 0.15) is 22.6 Å². The van der Waals surface area contributed by atoms with Gasteiger partial charge in [-0.05, 0) is 48.5 Å². The molecule has 30 heavy (non-hydrogen) atoms. The maximum absolute atomic E-state index is 12.3. The topological polar surface area (TPSA) is 76.0 Å². The van der Waals surface area contributed by atoms with Gasteiger partial charge in [0, 0.05) is 29.1 Å². The summed E-state index contributed by atoms with van der Waals surface area (Å²) < 4.78 is 2.05. The van der Waals surface area contributed by atoms with Crippen molar-refractivity contribution in [3.63, 3.8) is 0 Å². The first kappa shape index (κ1) is 19.7. The first-order valence-electron chi connectivity index (χ1n) is 9.48. The van der Waals surface area contributed by atoms with E-state index in [2.05, 4.69) is 15.4 Å². The summed E-state index contributed by atoms with van der Waals surface area (Å²) >= 11 is 5.82. The molecular weight excluding hydrogens is 400 g/mol. The molecule has 0 aliphatic rings. The first-order chi connectivity index (χ1) is 14.6. The Morgan fingerprint density at radius 1 is 0.867 bits per heavy atom. The summed E-state index contributed by atoms with van der Waals surface area (Å²) in [5, 5.41) is 0.539. The van der Waals surface area contributed by atoms with Gasteiger partial charge < -0.3 is 0 Å². The maximum Gasteiger partial charge on any atom is 0.269 e. The van der Waals surface area contributed by atoms with Gasteiger partial charge in [-0.15, -0.1) is 0 Å². The SMILES string of the molecule is O=C(CCc1nc2ccccc2n1-c1ccccc1)NNC(=O)c1ccc(Cl)cc1. The van der Waals surface area contributed by atoms with Gasteiger partial charge in [0.1, 0.15) is 5.82 Å². The summed E-state index contributed by atoms with van der Waals surface area (Å²) in [5.41, 5.74) is 8.11. The largest absolute Gasteiger partial charge is 0.296 e. The number of carbonyl (C=O) groups excluding carboxylic acids is 2. The third-order valence-corrected chi connectivity index (χ3v) is 4.89. The van der Waals surface area contributed by atoms with Crippen molar-refractivity contribution in [1.82, 2.24) is 20.4 Å². The Morgan fingerprint density at radius 2 is 1.57 bits per heavy atom. The summed E-state index contributed by atoms with van der Waals surface area (Å²) in [6.07, 6.45) is 0.600. The molecule has 0 bridgehead atoms. The van der Waals surface area contributed by atoms with Gasteiger partial charge in [0.25, 0.3) is 5.91 Å². The van der Waals surface area contributed by atoms with Crippen molar-refractivity contribution in [2.75, 3.05) is 0 Å². The Hall–Kier alpha value is -3.64. The molecule has 1 heterocycles. The standard InChI is InChI=1S/C23H19ClN4O2/c24-17-12-10-16(11-13-17)23(30)27-26-22(29)15-14-21-25-19-8-4-5-9-20(19)28(21)18-6-2-1-3-7-18/h1-13H,14-15H2,(H,26,29)(H,27,30). The number of hydrogen-bond acceptors (Lipinski definition) is 3. The number of halogens is 1. The van der Waals surface area contributed by atoms with Crippen LogP contribution in [-0.2, 0) is 11.2 Å². The quantitative estimate of drug-likeness (QED) is 0.479. The number of carbonyl (C=O) groups is 2. The molecule has 2 N–H and O–H groups in total. The molecule has 4 aromatic rings. The highest BCUT2D eigenvalue weighted by atomic mass is 35.5. The van der Waals surface area contributed by atoms with Gasteiger partial charge in [-0.2, -0.15) is 0 Å². The fourth-order valence-corrected chi connectivity index (χ4v) is 3.32. The number of hydrazine groups is 1. The molecule has 0 radical (unpaired) electrons. The lowest BCUT2D eigenvalue weighted by atomic mass is 10.2. The lowest BCUT2D eigenvalue weighted by molar-refractivity contribution is -0.121. The monoisotopic (exact) mass is 418 g/mol. The molecule has 0 saturated heterocycles. The number of aryl methyl sites for hydroxylation is 1. The van der Waals surface area contributed by atoms with Crippen LogP contribution in [0.15, 0.2) is 78.9 Å². The molecule has 3 aromatic carbocycles. The fourth-order valence-electron chi connectivity index (χ4n) is 3.20. The minimum Gasteiger partial charge on any atom is -0.296 e. The van der Waals surface area contributed by atoms with Gasteiger partial charge in [-0.25, -0.2) is 4.98 Å². The minimum absolute atomic E-state index is 0.178. The highest BCUT2D eigenvalue weighted by molar-refractivity contribution is 6.30. The third kappa shape index (κ3) is 4.34. The molecule has 7 heteroatoms. The second-order valence-electron chi connectivity index (χ2n) is 6.70. The van der Waals surface area contributed by atoms with Crippen molar-refractivity contribution < 1.29 is 9.59 Å². The summed E-state index contributed by atoms with van der Waals surface area (Å²) in [6.45, 7) is 0. The van der Waals surface area contributed by atoms with Crippen LogP contribution in [0.25, 0.3) is 16.7 Å². The van der Waals surface area contributed by atoms with Gasteiger partial charge in [-0.1, -0.05) is 41.9 Å². The van der Waals surface area contributed by atoms with Gasteiger partial charge in [0.15, 0.2) is 0 Å². The predicted octanol–water partition coefficient (Wildman–Crippen LogP) is 4.07. The molecular formula is C23H19ClN4O2. The molecule has 150 valence electrons. The van der Waals surface area contributed by atoms with Gasteiger partial charge in [0.05, 0.1) is 11.0 Å². The molecule has 0 saturated carbocycles. The van der Waals surface area contributed by atoms with Crippen LogP contribution in [0.3, 0.4) is 0 Å². The molecule has 0 aliphatic heterocycles. The smallest absolute Gasteiger partial charge is 0.269 e. The number of fused-ring (bicyclic) bond motifs is 1. The molecule has 0 unspecified atom stereocenters. The maximum atomic E-state index is 12.3. The van der Waals surface area contributed by atoms with Crippen LogP contribution in [0.4, 0.5) is 0 Å². The number of benzene rings is 3. The van der Waals surface area contributed by atoms with Crippen molar-refractivity contribution in [1.29, 1.82) is 0 Å². The van der Waals surface area contributed by atoms with Crippen LogP contribution in [-0.4, -0.2) is 21.4 Å². The lowest BCUT2D eigenvalue weighted by Crippen LogP contribution is -2.41. The number of nitrogens with zero attached hydrogens (tertiary/aromatic N) is 2. The molecule has 1 aromatic heterocycles. The summed E-state index contributed by atoms with van der Waals surface area (Å²) in [6, 6.07) is 24.2. The Kier molecular flexibility index (Phi) is 5.77. The fraction of sp³-hybridized carbons (Fsp3) is 0.0870. The van der Waals surface area contributed by atoms with Crippen molar-refractivity contribution in [2.45, 2.75) is 12.8 Å². The van der Waals surface area contributed by atoms with E-state index in [0.717, 1.165) is 22.5 Å². The van der Waals surface area contributed by atoms with Crippen molar-refractivity contribution in [3.05, 3.63) is 95.3 Å². The molecule has 6 nitrogen and oxygen atoms in total. The van der Waals surface area contributed by atoms with Crippen LogP contribution >= 0.6 is 11.6 Å². The van der Waals surface area contributed by atoms with E-state index in [-0.39, 0.29) is 12.3 Å². The van der Waals surface area contributed by atoms with E-state index in [4.69, 9.17) is 16.6 Å². The number of imidazole rings is 1. The van der Waals surface area contributed by atoms with E-state index >= 15 is 0 Å². The van der Waals surface area contributed by atoms with Crippen LogP contribution < -0.4 is 10.9 Å². The minimum atomic E-state index is -0.406. The first-order valence-corrected chi connectivity index (χ1v) is 9.86. The molecule has 0 spiro atoms. The van der Waals surface area contributed by atoms with E-state index in [1.165, 1.54) is 0 Å². The van der Waals surface area contributed by atoms with Crippen LogP contribution in [0, 0.1) is 0 Å². The van der Waals surface area contributed by atoms with Crippen LogP contribution in [0.2, 0.25) is 5.02 Å². The third-order valence-electron chi connectivity index (χ3n) is 4.64. The average Bonchev–Trinajstić information content (AvgIpc) is 3.15. The van der Waals surface area contributed by atoms with Crippen LogP contribution in [0.5, 0.6) is 0 Å². The zero-order chi connectivity index (χ0) is 20.9. The zero-order valence-corrected chi connectivity index (χ0v) is 16.8. The molecule has 0 aliphatic carbocycles. The highest BCUT2D eigenvalue weighted by Crippen LogP contribution is 2.22. The number of aromatic nitrogens is 2. The predicted molar refractivity (Wildman–Crippen MR) is 116 cm³/mol. The van der Waals surface area contributed by atoms with Gasteiger partial charge in [-0.3, -0.25) is 25.0 Å². The normalized spacial score (nSPS) is 10.7. The summed E-state index contributed by atoms with van der Waals surface area (Å²) in [7, 11) is 0. The Morgan fingerprint density at radius 3 is 2.33 bits per heavy atom. The van der Waals surface area contributed by atoms with E-state index in [1.807, 2.05) is 54.6 Å². The number of rotatable bonds is 5. The van der Waals surface area contributed by atoms with E-state index in [0.29, 0.717) is 17.0 Å². The number of para-hydroxylation sites is 3. The summed E-state index contributed by atoms with van der Waals surface area (Å²) in [5.74, 6) is 0.0714. The Balaban J connectivity index is 1.44. The highest BCUT2D eigenvalue weighted by Gasteiger charge is 2.14. The summed E-state index contributed by atoms with van der Waals surface area (Å²) in [4.78, 5) is 29.1. The molecule has 0 atom stereocenters. The van der Waals surface area contributed by atoms with E-state index in [1.54, 1.807) is 24.3 Å². The Labute approximate surface area is 178 Å². The second-order valence-corrected chi connectivity index (χ2v) is 7.13. The van der Waals surface area contributed by atoms with Gasteiger partial charge >= 0.3 is 0 Å². The second kappa shape index (κ2) is 8.80. The van der Waals surface area contributed by atoms with E-state index < -0.39 is 5.91 Å². The lowest BCUT2D eigenvalue weighted by Gasteiger charge is -2.10. The number of amides is 2. The van der Waals surface area contributed by atoms with Gasteiger partial charge in [0.2, 0.25) is 5.91 Å².